The van der Waals surface area contributed by atoms with Gasteiger partial charge in [0.05, 0.1) is 13.0 Å². The third kappa shape index (κ3) is 8.15. The van der Waals surface area contributed by atoms with Gasteiger partial charge in [-0.25, -0.2) is 0 Å². The minimum atomic E-state index is -0.950. The van der Waals surface area contributed by atoms with E-state index in [0.717, 1.165) is 54.5 Å². The van der Waals surface area contributed by atoms with Crippen LogP contribution in [0.15, 0.2) is 48.5 Å². The van der Waals surface area contributed by atoms with E-state index >= 15 is 0 Å². The lowest BCUT2D eigenvalue weighted by Gasteiger charge is -2.37. The van der Waals surface area contributed by atoms with Gasteiger partial charge in [-0.3, -0.25) is 19.2 Å². The molecule has 1 unspecified atom stereocenters. The van der Waals surface area contributed by atoms with E-state index in [1.165, 1.54) is 0 Å². The Balaban J connectivity index is 1.43. The van der Waals surface area contributed by atoms with Crippen molar-refractivity contribution in [3.8, 4) is 5.75 Å². The summed E-state index contributed by atoms with van der Waals surface area (Å²) in [5.41, 5.74) is 3.05. The van der Waals surface area contributed by atoms with E-state index < -0.39 is 18.0 Å². The summed E-state index contributed by atoms with van der Waals surface area (Å²) in [6, 6.07) is 13.9. The lowest BCUT2D eigenvalue weighted by Crippen LogP contribution is -2.57. The smallest absolute Gasteiger partial charge is 0.243 e. The van der Waals surface area contributed by atoms with Crippen molar-refractivity contribution in [2.24, 2.45) is 5.92 Å². The molecule has 3 aliphatic heterocycles. The molecule has 4 amide bonds. The number of ether oxygens (including phenoxy) is 1. The number of amides is 4. The first-order chi connectivity index (χ1) is 20.9. The zero-order valence-corrected chi connectivity index (χ0v) is 25.2. The molecule has 230 valence electrons. The van der Waals surface area contributed by atoms with Crippen molar-refractivity contribution in [2.45, 2.75) is 83.3 Å². The van der Waals surface area contributed by atoms with Gasteiger partial charge in [0.2, 0.25) is 23.6 Å². The number of benzene rings is 2. The first kappa shape index (κ1) is 30.6. The third-order valence-electron chi connectivity index (χ3n) is 9.04. The van der Waals surface area contributed by atoms with Gasteiger partial charge in [-0.05, 0) is 86.6 Å². The highest BCUT2D eigenvalue weighted by molar-refractivity contribution is 5.95. The van der Waals surface area contributed by atoms with Crippen LogP contribution in [0.25, 0.3) is 0 Å². The van der Waals surface area contributed by atoms with Crippen LogP contribution < -0.4 is 15.4 Å². The monoisotopic (exact) mass is 588 g/mol. The van der Waals surface area contributed by atoms with Crippen LogP contribution in [0.4, 0.5) is 0 Å². The summed E-state index contributed by atoms with van der Waals surface area (Å²) in [7, 11) is 0. The number of aryl methyl sites for hydroxylation is 2. The number of fused-ring (bicyclic) bond motifs is 4. The summed E-state index contributed by atoms with van der Waals surface area (Å²) in [5, 5.41) is 5.99. The Kier molecular flexibility index (Phi) is 10.3. The first-order valence-electron chi connectivity index (χ1n) is 15.8. The fourth-order valence-electron chi connectivity index (χ4n) is 6.39. The Morgan fingerprint density at radius 1 is 0.907 bits per heavy atom. The van der Waals surface area contributed by atoms with Crippen LogP contribution in [-0.2, 0) is 32.1 Å². The van der Waals surface area contributed by atoms with Gasteiger partial charge in [0.1, 0.15) is 17.8 Å². The average molecular weight is 589 g/mol. The number of nitrogens with zero attached hydrogens (tertiary/aromatic N) is 2. The summed E-state index contributed by atoms with van der Waals surface area (Å²) < 4.78 is 6.11. The first-order valence-corrected chi connectivity index (χ1v) is 15.8. The zero-order valence-electron chi connectivity index (χ0n) is 25.2. The number of rotatable bonds is 4. The van der Waals surface area contributed by atoms with Crippen molar-refractivity contribution in [3.63, 3.8) is 0 Å². The molecule has 2 aromatic carbocycles. The van der Waals surface area contributed by atoms with Crippen molar-refractivity contribution in [3.05, 3.63) is 65.2 Å². The van der Waals surface area contributed by atoms with E-state index in [1.54, 1.807) is 4.90 Å². The molecule has 0 spiro atoms. The van der Waals surface area contributed by atoms with Gasteiger partial charge in [0, 0.05) is 32.6 Å². The molecule has 0 aromatic heterocycles. The van der Waals surface area contributed by atoms with Crippen molar-refractivity contribution in [2.75, 3.05) is 26.2 Å². The second-order valence-electron chi connectivity index (χ2n) is 12.1. The van der Waals surface area contributed by atoms with Gasteiger partial charge < -0.3 is 25.2 Å². The van der Waals surface area contributed by atoms with Crippen LogP contribution in [0, 0.1) is 12.8 Å². The van der Waals surface area contributed by atoms with E-state index in [1.807, 2.05) is 60.4 Å². The zero-order chi connectivity index (χ0) is 30.2. The predicted octanol–water partition coefficient (Wildman–Crippen LogP) is 3.52. The minimum absolute atomic E-state index is 0.0857. The molecule has 2 N–H and O–H groups in total. The number of carbonyl (C=O) groups is 4. The Morgan fingerprint density at radius 2 is 1.74 bits per heavy atom. The van der Waals surface area contributed by atoms with Crippen LogP contribution in [-0.4, -0.2) is 71.8 Å². The number of carbonyl (C=O) groups excluding carboxylic acids is 4. The molecule has 9 nitrogen and oxygen atoms in total. The van der Waals surface area contributed by atoms with Crippen molar-refractivity contribution >= 4 is 23.6 Å². The van der Waals surface area contributed by atoms with Gasteiger partial charge in [0.25, 0.3) is 0 Å². The fourth-order valence-corrected chi connectivity index (χ4v) is 6.39. The van der Waals surface area contributed by atoms with Gasteiger partial charge in [-0.1, -0.05) is 36.4 Å². The molecule has 3 heterocycles. The normalized spacial score (nSPS) is 24.3. The molecule has 5 rings (SSSR count). The molecule has 3 atom stereocenters. The Bertz CT molecular complexity index is 1300. The maximum atomic E-state index is 14.0. The Hall–Kier alpha value is -3.88. The largest absolute Gasteiger partial charge is 0.494 e. The minimum Gasteiger partial charge on any atom is -0.494 e. The molecule has 43 heavy (non-hydrogen) atoms. The molecule has 0 aliphatic carbocycles. The van der Waals surface area contributed by atoms with Gasteiger partial charge in [-0.15, -0.1) is 0 Å². The molecule has 2 fully saturated rings. The van der Waals surface area contributed by atoms with Gasteiger partial charge in [0.15, 0.2) is 0 Å². The van der Waals surface area contributed by atoms with Crippen LogP contribution in [0.2, 0.25) is 0 Å². The summed E-state index contributed by atoms with van der Waals surface area (Å²) in [6.07, 6.45) is 5.54. The standard InChI is InChI=1S/C34H44N4O5/c1-24-12-14-28-20-27(24)22-35-33(41)29(15-13-25-8-3-2-4-9-25)36-34(42)30(38-18-6-5-11-31(38)39)21-32(40)37-17-7-10-26(23-37)16-19-43-28/h2-4,8-9,12,14,20,26,29-30H,5-7,10-11,13,15-19,21-23H2,1H3,(H,35,41)(H,36,42)/t26?,29-,30-/m0/s1. The van der Waals surface area contributed by atoms with Crippen LogP contribution in [0.1, 0.15) is 68.1 Å². The highest BCUT2D eigenvalue weighted by Gasteiger charge is 2.37. The van der Waals surface area contributed by atoms with Crippen molar-refractivity contribution in [1.29, 1.82) is 0 Å². The van der Waals surface area contributed by atoms with Crippen LogP contribution >= 0.6 is 0 Å². The fraction of sp³-hybridized carbons (Fsp3) is 0.529. The topological polar surface area (TPSA) is 108 Å². The number of nitrogens with one attached hydrogen (secondary N) is 2. The van der Waals surface area contributed by atoms with E-state index in [-0.39, 0.29) is 24.1 Å². The van der Waals surface area contributed by atoms with E-state index in [0.29, 0.717) is 58.0 Å². The summed E-state index contributed by atoms with van der Waals surface area (Å²) in [5.74, 6) is 0.0761. The Morgan fingerprint density at radius 3 is 2.56 bits per heavy atom. The molecule has 0 saturated carbocycles. The lowest BCUT2D eigenvalue weighted by atomic mass is 9.94. The second-order valence-corrected chi connectivity index (χ2v) is 12.1. The van der Waals surface area contributed by atoms with E-state index in [9.17, 15) is 19.2 Å². The Labute approximate surface area is 254 Å². The van der Waals surface area contributed by atoms with Crippen molar-refractivity contribution < 1.29 is 23.9 Å². The molecular weight excluding hydrogens is 544 g/mol. The average Bonchev–Trinajstić information content (AvgIpc) is 3.02. The number of likely N-dealkylation sites (tertiary alicyclic amines) is 1. The molecular formula is C34H44N4O5. The molecule has 3 aliphatic rings. The number of hydrogen-bond acceptors (Lipinski definition) is 5. The van der Waals surface area contributed by atoms with Crippen molar-refractivity contribution in [1.82, 2.24) is 20.4 Å². The molecule has 2 saturated heterocycles. The molecule has 4 bridgehead atoms. The SMILES string of the molecule is Cc1ccc2cc1CNC(=O)[C@H](CCc1ccccc1)NC(=O)[C@@H](N1CCCCC1=O)CC(=O)N1CCCC(CCO2)C1. The summed E-state index contributed by atoms with van der Waals surface area (Å²) in [6.45, 7) is 4.52. The maximum Gasteiger partial charge on any atom is 0.243 e. The van der Waals surface area contributed by atoms with E-state index in [4.69, 9.17) is 4.74 Å². The number of piperidine rings is 2. The quantitative estimate of drug-likeness (QED) is 0.569. The molecule has 9 heteroatoms. The second kappa shape index (κ2) is 14.5. The van der Waals surface area contributed by atoms with Gasteiger partial charge in [-0.2, -0.15) is 0 Å². The van der Waals surface area contributed by atoms with Gasteiger partial charge >= 0.3 is 0 Å². The van der Waals surface area contributed by atoms with Crippen LogP contribution in [0.5, 0.6) is 5.75 Å². The number of hydrogen-bond donors (Lipinski definition) is 2. The summed E-state index contributed by atoms with van der Waals surface area (Å²) in [4.78, 5) is 57.6. The molecule has 0 radical (unpaired) electrons. The predicted molar refractivity (Wildman–Crippen MR) is 163 cm³/mol. The highest BCUT2D eigenvalue weighted by Crippen LogP contribution is 2.24. The van der Waals surface area contributed by atoms with E-state index in [2.05, 4.69) is 10.6 Å². The van der Waals surface area contributed by atoms with Crippen LogP contribution in [0.3, 0.4) is 0 Å². The lowest BCUT2D eigenvalue weighted by molar-refractivity contribution is -0.147. The maximum absolute atomic E-state index is 14.0. The summed E-state index contributed by atoms with van der Waals surface area (Å²) >= 11 is 0. The third-order valence-corrected chi connectivity index (χ3v) is 9.04. The molecule has 2 aromatic rings. The highest BCUT2D eigenvalue weighted by atomic mass is 16.5.